The van der Waals surface area contributed by atoms with Crippen molar-refractivity contribution in [3.05, 3.63) is 96.6 Å². The molecule has 0 spiro atoms. The van der Waals surface area contributed by atoms with E-state index in [1.807, 2.05) is 7.05 Å². The number of nitrogens with zero attached hydrogens (tertiary/aromatic N) is 1. The Balaban J connectivity index is 2.08. The van der Waals surface area contributed by atoms with Gasteiger partial charge in [-0.05, 0) is 30.8 Å². The zero-order chi connectivity index (χ0) is 17.8. The molecular weight excluding hydrogens is 316 g/mol. The quantitative estimate of drug-likeness (QED) is 0.506. The lowest BCUT2D eigenvalue weighted by atomic mass is 10.0. The molecule has 0 aliphatic heterocycles. The van der Waals surface area contributed by atoms with E-state index in [4.69, 9.17) is 0 Å². The predicted molar refractivity (Wildman–Crippen MR) is 112 cm³/mol. The summed E-state index contributed by atoms with van der Waals surface area (Å²) >= 11 is 0. The van der Waals surface area contributed by atoms with Crippen LogP contribution in [0.2, 0.25) is 0 Å². The van der Waals surface area contributed by atoms with Crippen LogP contribution in [-0.4, -0.2) is 18.2 Å². The Kier molecular flexibility index (Phi) is 4.67. The van der Waals surface area contributed by atoms with E-state index >= 15 is 0 Å². The monoisotopic (exact) mass is 338 g/mol. The van der Waals surface area contributed by atoms with Gasteiger partial charge in [0.1, 0.15) is 0 Å². The first-order valence-corrected chi connectivity index (χ1v) is 8.95. The van der Waals surface area contributed by atoms with Gasteiger partial charge in [-0.15, -0.1) is 0 Å². The number of benzene rings is 3. The summed E-state index contributed by atoms with van der Waals surface area (Å²) in [5, 5.41) is 4.46. The van der Waals surface area contributed by atoms with Gasteiger partial charge in [0.25, 0.3) is 0 Å². The van der Waals surface area contributed by atoms with Crippen LogP contribution >= 0.6 is 0 Å². The second kappa shape index (κ2) is 7.42. The molecule has 1 heterocycles. The van der Waals surface area contributed by atoms with Crippen molar-refractivity contribution in [2.45, 2.75) is 0 Å². The number of nitrogens with one attached hydrogen (secondary N) is 1. The van der Waals surface area contributed by atoms with Gasteiger partial charge in [0.15, 0.2) is 0 Å². The summed E-state index contributed by atoms with van der Waals surface area (Å²) in [4.78, 5) is 0. The fraction of sp³-hybridized carbons (Fsp3) is 0.0833. The predicted octanol–water partition coefficient (Wildman–Crippen LogP) is 5.53. The molecule has 0 saturated heterocycles. The summed E-state index contributed by atoms with van der Waals surface area (Å²) in [6, 6.07) is 29.8. The van der Waals surface area contributed by atoms with E-state index in [0.29, 0.717) is 0 Å². The first-order chi connectivity index (χ1) is 12.9. The minimum Gasteiger partial charge on any atom is -0.316 e. The molecular formula is C24H22N2. The molecule has 4 aromatic rings. The van der Waals surface area contributed by atoms with Crippen molar-refractivity contribution in [1.29, 1.82) is 0 Å². The molecule has 4 rings (SSSR count). The third-order valence-corrected chi connectivity index (χ3v) is 4.58. The van der Waals surface area contributed by atoms with E-state index in [1.165, 1.54) is 33.4 Å². The summed E-state index contributed by atoms with van der Waals surface area (Å²) < 4.78 is 2.36. The number of fused-ring (bicyclic) bond motifs is 1. The van der Waals surface area contributed by atoms with Gasteiger partial charge in [0.2, 0.25) is 0 Å². The van der Waals surface area contributed by atoms with Gasteiger partial charge >= 0.3 is 0 Å². The van der Waals surface area contributed by atoms with Crippen molar-refractivity contribution in [2.24, 2.45) is 0 Å². The molecule has 0 saturated carbocycles. The number of hydrogen-bond acceptors (Lipinski definition) is 1. The molecule has 1 N–H and O–H groups in total. The standard InChI is InChI=1S/C24H22N2/c1-25-18-10-16-22-21-15-8-9-17-23(21)26(20-13-6-3-7-14-20)24(22)19-11-4-2-5-12-19/h2-17,25H,18H2,1H3. The zero-order valence-corrected chi connectivity index (χ0v) is 14.9. The number of para-hydroxylation sites is 2. The van der Waals surface area contributed by atoms with E-state index in [2.05, 4.69) is 107 Å². The molecule has 0 aliphatic rings. The van der Waals surface area contributed by atoms with E-state index in [1.54, 1.807) is 0 Å². The molecule has 26 heavy (non-hydrogen) atoms. The molecule has 0 unspecified atom stereocenters. The van der Waals surface area contributed by atoms with Crippen LogP contribution in [0.5, 0.6) is 0 Å². The second-order valence-electron chi connectivity index (χ2n) is 6.28. The Morgan fingerprint density at radius 2 is 1.46 bits per heavy atom. The average molecular weight is 338 g/mol. The maximum atomic E-state index is 3.19. The molecule has 2 heteroatoms. The summed E-state index contributed by atoms with van der Waals surface area (Å²) in [6.07, 6.45) is 4.42. The van der Waals surface area contributed by atoms with Crippen LogP contribution in [0, 0.1) is 0 Å². The van der Waals surface area contributed by atoms with Gasteiger partial charge in [-0.1, -0.05) is 78.9 Å². The number of aromatic nitrogens is 1. The normalized spacial score (nSPS) is 11.4. The highest BCUT2D eigenvalue weighted by Crippen LogP contribution is 2.37. The maximum absolute atomic E-state index is 3.19. The Hall–Kier alpha value is -3.10. The highest BCUT2D eigenvalue weighted by Gasteiger charge is 2.17. The van der Waals surface area contributed by atoms with Crippen molar-refractivity contribution in [2.75, 3.05) is 13.6 Å². The van der Waals surface area contributed by atoms with Gasteiger partial charge in [-0.3, -0.25) is 0 Å². The summed E-state index contributed by atoms with van der Waals surface area (Å²) in [5.74, 6) is 0. The smallest absolute Gasteiger partial charge is 0.0613 e. The average Bonchev–Trinajstić information content (AvgIpc) is 3.04. The first kappa shape index (κ1) is 16.4. The number of hydrogen-bond donors (Lipinski definition) is 1. The molecule has 0 atom stereocenters. The van der Waals surface area contributed by atoms with E-state index in [-0.39, 0.29) is 0 Å². The van der Waals surface area contributed by atoms with Crippen molar-refractivity contribution < 1.29 is 0 Å². The third kappa shape index (κ3) is 2.96. The third-order valence-electron chi connectivity index (χ3n) is 4.58. The van der Waals surface area contributed by atoms with Crippen LogP contribution in [0.4, 0.5) is 0 Å². The highest BCUT2D eigenvalue weighted by molar-refractivity contribution is 5.99. The summed E-state index contributed by atoms with van der Waals surface area (Å²) in [5.41, 5.74) is 6.10. The van der Waals surface area contributed by atoms with Crippen LogP contribution in [0.15, 0.2) is 91.0 Å². The lowest BCUT2D eigenvalue weighted by molar-refractivity contribution is 0.922. The Morgan fingerprint density at radius 1 is 0.808 bits per heavy atom. The molecule has 0 amide bonds. The van der Waals surface area contributed by atoms with Gasteiger partial charge in [0, 0.05) is 23.2 Å². The number of rotatable bonds is 5. The van der Waals surface area contributed by atoms with Crippen molar-refractivity contribution in [1.82, 2.24) is 9.88 Å². The van der Waals surface area contributed by atoms with Crippen molar-refractivity contribution in [3.63, 3.8) is 0 Å². The minimum atomic E-state index is 0.846. The minimum absolute atomic E-state index is 0.846. The van der Waals surface area contributed by atoms with Crippen LogP contribution in [0.25, 0.3) is 33.9 Å². The molecule has 2 nitrogen and oxygen atoms in total. The second-order valence-corrected chi connectivity index (χ2v) is 6.28. The van der Waals surface area contributed by atoms with Crippen LogP contribution in [0.1, 0.15) is 5.56 Å². The molecule has 0 fully saturated rings. The first-order valence-electron chi connectivity index (χ1n) is 8.95. The zero-order valence-electron chi connectivity index (χ0n) is 14.9. The van der Waals surface area contributed by atoms with Gasteiger partial charge in [0.05, 0.1) is 11.2 Å². The Labute approximate surface area is 154 Å². The van der Waals surface area contributed by atoms with Crippen LogP contribution in [-0.2, 0) is 0 Å². The van der Waals surface area contributed by atoms with Crippen LogP contribution in [0.3, 0.4) is 0 Å². The Morgan fingerprint density at radius 3 is 2.19 bits per heavy atom. The van der Waals surface area contributed by atoms with E-state index in [9.17, 15) is 0 Å². The molecule has 0 radical (unpaired) electrons. The summed E-state index contributed by atoms with van der Waals surface area (Å²) in [6.45, 7) is 0.846. The largest absolute Gasteiger partial charge is 0.316 e. The lowest BCUT2D eigenvalue weighted by Crippen LogP contribution is -2.03. The lowest BCUT2D eigenvalue weighted by Gasteiger charge is -2.12. The highest BCUT2D eigenvalue weighted by atomic mass is 15.0. The summed E-state index contributed by atoms with van der Waals surface area (Å²) in [7, 11) is 1.97. The molecule has 1 aromatic heterocycles. The van der Waals surface area contributed by atoms with Gasteiger partial charge < -0.3 is 9.88 Å². The molecule has 0 aliphatic carbocycles. The van der Waals surface area contributed by atoms with Gasteiger partial charge in [-0.25, -0.2) is 0 Å². The fourth-order valence-corrected chi connectivity index (χ4v) is 3.45. The number of likely N-dealkylation sites (N-methyl/N-ethyl adjacent to an activating group) is 1. The molecule has 3 aromatic carbocycles. The van der Waals surface area contributed by atoms with Crippen LogP contribution < -0.4 is 5.32 Å². The van der Waals surface area contributed by atoms with E-state index in [0.717, 1.165) is 6.54 Å². The molecule has 128 valence electrons. The van der Waals surface area contributed by atoms with Gasteiger partial charge in [-0.2, -0.15) is 0 Å². The van der Waals surface area contributed by atoms with Crippen molar-refractivity contribution in [3.8, 4) is 16.9 Å². The van der Waals surface area contributed by atoms with Crippen molar-refractivity contribution >= 4 is 17.0 Å². The topological polar surface area (TPSA) is 17.0 Å². The molecule has 0 bridgehead atoms. The Bertz CT molecular complexity index is 1030. The maximum Gasteiger partial charge on any atom is 0.0613 e. The fourth-order valence-electron chi connectivity index (χ4n) is 3.45. The SMILES string of the molecule is CNCC=Cc1c(-c2ccccc2)n(-c2ccccc2)c2ccccc12. The van der Waals surface area contributed by atoms with E-state index < -0.39 is 0 Å².